The second-order valence-electron chi connectivity index (χ2n) is 6.77. The molecule has 1 aromatic heterocycles. The maximum Gasteiger partial charge on any atom is 0.225 e. The highest BCUT2D eigenvalue weighted by atomic mass is 19.1. The Kier molecular flexibility index (Phi) is 4.89. The lowest BCUT2D eigenvalue weighted by Gasteiger charge is -2.19. The van der Waals surface area contributed by atoms with Crippen LogP contribution in [0.2, 0.25) is 0 Å². The molecule has 0 unspecified atom stereocenters. The van der Waals surface area contributed by atoms with Crippen molar-refractivity contribution in [2.24, 2.45) is 7.05 Å². The van der Waals surface area contributed by atoms with Gasteiger partial charge in [0, 0.05) is 19.4 Å². The monoisotopic (exact) mass is 373 g/mol. The summed E-state index contributed by atoms with van der Waals surface area (Å²) in [7, 11) is 1.85. The summed E-state index contributed by atoms with van der Waals surface area (Å²) in [6.07, 6.45) is 3.70. The van der Waals surface area contributed by atoms with Crippen LogP contribution in [0.3, 0.4) is 0 Å². The number of aryl methyl sites for hydroxylation is 1. The second-order valence-corrected chi connectivity index (χ2v) is 6.77. The molecule has 0 bridgehead atoms. The Hall–Kier alpha value is -3.47. The maximum absolute atomic E-state index is 13.8. The van der Waals surface area contributed by atoms with Gasteiger partial charge < -0.3 is 9.88 Å². The van der Waals surface area contributed by atoms with Crippen LogP contribution in [0, 0.1) is 5.82 Å². The summed E-state index contributed by atoms with van der Waals surface area (Å²) in [6.45, 7) is 0. The van der Waals surface area contributed by atoms with Crippen LogP contribution in [-0.4, -0.2) is 15.5 Å². The minimum absolute atomic E-state index is 0.145. The molecule has 0 spiro atoms. The lowest BCUT2D eigenvalue weighted by molar-refractivity contribution is -0.121. The van der Waals surface area contributed by atoms with Crippen molar-refractivity contribution in [3.63, 3.8) is 0 Å². The van der Waals surface area contributed by atoms with Gasteiger partial charge in [-0.05, 0) is 34.0 Å². The van der Waals surface area contributed by atoms with E-state index in [0.717, 1.165) is 16.3 Å². The molecule has 28 heavy (non-hydrogen) atoms. The fraction of sp³-hybridized carbons (Fsp3) is 0.130. The zero-order chi connectivity index (χ0) is 19.5. The van der Waals surface area contributed by atoms with E-state index in [2.05, 4.69) is 10.3 Å². The van der Waals surface area contributed by atoms with Crippen molar-refractivity contribution in [2.45, 2.75) is 12.5 Å². The lowest BCUT2D eigenvalue weighted by atomic mass is 10.0. The highest BCUT2D eigenvalue weighted by molar-refractivity contribution is 5.90. The summed E-state index contributed by atoms with van der Waals surface area (Å²) >= 11 is 0. The fourth-order valence-corrected chi connectivity index (χ4v) is 3.47. The Balaban J connectivity index is 1.63. The summed E-state index contributed by atoms with van der Waals surface area (Å²) in [5, 5.41) is 5.18. The molecule has 0 aliphatic carbocycles. The normalized spacial score (nSPS) is 12.1. The quantitative estimate of drug-likeness (QED) is 0.571. The summed E-state index contributed by atoms with van der Waals surface area (Å²) in [5.74, 6) is 0.158. The Labute approximate surface area is 162 Å². The van der Waals surface area contributed by atoms with Crippen LogP contribution in [0.5, 0.6) is 0 Å². The molecule has 3 aromatic carbocycles. The predicted octanol–water partition coefficient (Wildman–Crippen LogP) is 4.16. The molecule has 4 nitrogen and oxygen atoms in total. The summed E-state index contributed by atoms with van der Waals surface area (Å²) in [6, 6.07) is 19.6. The third-order valence-corrected chi connectivity index (χ3v) is 4.83. The minimum atomic E-state index is -0.529. The molecular formula is C23H20FN3O. The van der Waals surface area contributed by atoms with Gasteiger partial charge in [0.2, 0.25) is 5.91 Å². The topological polar surface area (TPSA) is 46.9 Å². The van der Waals surface area contributed by atoms with Gasteiger partial charge in [0.25, 0.3) is 0 Å². The van der Waals surface area contributed by atoms with Gasteiger partial charge in [0.15, 0.2) is 0 Å². The van der Waals surface area contributed by atoms with Gasteiger partial charge in [0.05, 0.1) is 6.42 Å². The SMILES string of the molecule is Cn1ccnc1[C@@H](NC(=O)Cc1cccc2ccccc12)c1cccc(F)c1. The first-order chi connectivity index (χ1) is 13.6. The number of nitrogens with one attached hydrogen (secondary N) is 1. The van der Waals surface area contributed by atoms with Crippen molar-refractivity contribution < 1.29 is 9.18 Å². The molecule has 1 atom stereocenters. The van der Waals surface area contributed by atoms with Gasteiger partial charge in [0.1, 0.15) is 17.7 Å². The van der Waals surface area contributed by atoms with E-state index in [1.807, 2.05) is 54.1 Å². The number of imidazole rings is 1. The predicted molar refractivity (Wildman–Crippen MR) is 107 cm³/mol. The van der Waals surface area contributed by atoms with E-state index < -0.39 is 6.04 Å². The highest BCUT2D eigenvalue weighted by Crippen LogP contribution is 2.23. The number of aromatic nitrogens is 2. The zero-order valence-electron chi connectivity index (χ0n) is 15.5. The number of carbonyl (C=O) groups excluding carboxylic acids is 1. The minimum Gasteiger partial charge on any atom is -0.342 e. The van der Waals surface area contributed by atoms with E-state index in [-0.39, 0.29) is 18.1 Å². The largest absolute Gasteiger partial charge is 0.342 e. The number of rotatable bonds is 5. The van der Waals surface area contributed by atoms with Crippen LogP contribution in [0.1, 0.15) is 23.0 Å². The number of nitrogens with zero attached hydrogens (tertiary/aromatic N) is 2. The molecule has 0 fully saturated rings. The Morgan fingerprint density at radius 2 is 1.89 bits per heavy atom. The fourth-order valence-electron chi connectivity index (χ4n) is 3.47. The third kappa shape index (κ3) is 3.64. The Morgan fingerprint density at radius 1 is 1.11 bits per heavy atom. The average Bonchev–Trinajstić information content (AvgIpc) is 3.12. The van der Waals surface area contributed by atoms with Crippen molar-refractivity contribution in [3.8, 4) is 0 Å². The number of hydrogen-bond acceptors (Lipinski definition) is 2. The second kappa shape index (κ2) is 7.64. The first-order valence-corrected chi connectivity index (χ1v) is 9.10. The van der Waals surface area contributed by atoms with Gasteiger partial charge >= 0.3 is 0 Å². The van der Waals surface area contributed by atoms with Crippen molar-refractivity contribution in [1.29, 1.82) is 0 Å². The molecule has 1 heterocycles. The van der Waals surface area contributed by atoms with Gasteiger partial charge in [-0.25, -0.2) is 9.37 Å². The molecule has 1 amide bonds. The molecule has 0 saturated heterocycles. The van der Waals surface area contributed by atoms with Crippen LogP contribution in [0.4, 0.5) is 4.39 Å². The Morgan fingerprint density at radius 3 is 2.68 bits per heavy atom. The summed E-state index contributed by atoms with van der Waals surface area (Å²) in [5.41, 5.74) is 1.61. The van der Waals surface area contributed by atoms with Crippen LogP contribution in [0.15, 0.2) is 79.1 Å². The van der Waals surface area contributed by atoms with Crippen LogP contribution < -0.4 is 5.32 Å². The number of halogens is 1. The average molecular weight is 373 g/mol. The smallest absolute Gasteiger partial charge is 0.225 e. The number of fused-ring (bicyclic) bond motifs is 1. The zero-order valence-corrected chi connectivity index (χ0v) is 15.5. The van der Waals surface area contributed by atoms with Crippen LogP contribution in [0.25, 0.3) is 10.8 Å². The highest BCUT2D eigenvalue weighted by Gasteiger charge is 2.21. The first-order valence-electron chi connectivity index (χ1n) is 9.10. The van der Waals surface area contributed by atoms with Crippen molar-refractivity contribution in [3.05, 3.63) is 102 Å². The molecule has 0 aliphatic rings. The van der Waals surface area contributed by atoms with Crippen molar-refractivity contribution in [2.75, 3.05) is 0 Å². The maximum atomic E-state index is 13.8. The molecule has 0 radical (unpaired) electrons. The van der Waals surface area contributed by atoms with Crippen molar-refractivity contribution >= 4 is 16.7 Å². The van der Waals surface area contributed by atoms with Crippen LogP contribution in [-0.2, 0) is 18.3 Å². The first kappa shape index (κ1) is 17.9. The lowest BCUT2D eigenvalue weighted by Crippen LogP contribution is -2.32. The summed E-state index contributed by atoms with van der Waals surface area (Å²) < 4.78 is 15.6. The Bertz CT molecular complexity index is 1130. The van der Waals surface area contributed by atoms with Gasteiger partial charge in [-0.2, -0.15) is 0 Å². The van der Waals surface area contributed by atoms with Gasteiger partial charge in [-0.15, -0.1) is 0 Å². The molecule has 0 saturated carbocycles. The van der Waals surface area contributed by atoms with E-state index in [0.29, 0.717) is 11.4 Å². The third-order valence-electron chi connectivity index (χ3n) is 4.83. The van der Waals surface area contributed by atoms with Gasteiger partial charge in [-0.3, -0.25) is 4.79 Å². The standard InChI is InChI=1S/C23H20FN3O/c1-27-13-12-25-23(27)22(18-9-5-10-19(24)14-18)26-21(28)15-17-8-4-7-16-6-2-3-11-20(16)17/h2-14,22H,15H2,1H3,(H,26,28)/t22-/m0/s1. The van der Waals surface area contributed by atoms with E-state index >= 15 is 0 Å². The molecule has 5 heteroatoms. The summed E-state index contributed by atoms with van der Waals surface area (Å²) in [4.78, 5) is 17.2. The molecule has 1 N–H and O–H groups in total. The molecule has 4 aromatic rings. The molecular weight excluding hydrogens is 353 g/mol. The number of benzene rings is 3. The van der Waals surface area contributed by atoms with E-state index in [1.165, 1.54) is 12.1 Å². The number of amides is 1. The van der Waals surface area contributed by atoms with E-state index in [9.17, 15) is 9.18 Å². The van der Waals surface area contributed by atoms with Crippen molar-refractivity contribution in [1.82, 2.24) is 14.9 Å². The van der Waals surface area contributed by atoms with E-state index in [1.54, 1.807) is 24.5 Å². The molecule has 0 aliphatic heterocycles. The molecule has 140 valence electrons. The van der Waals surface area contributed by atoms with E-state index in [4.69, 9.17) is 0 Å². The molecule has 4 rings (SSSR count). The van der Waals surface area contributed by atoms with Crippen LogP contribution >= 0.6 is 0 Å². The number of hydrogen-bond donors (Lipinski definition) is 1. The van der Waals surface area contributed by atoms with Gasteiger partial charge in [-0.1, -0.05) is 54.6 Å². The number of carbonyl (C=O) groups is 1.